The van der Waals surface area contributed by atoms with Crippen LogP contribution in [0, 0.1) is 47.0 Å². The van der Waals surface area contributed by atoms with E-state index in [0.29, 0.717) is 35.8 Å². The quantitative estimate of drug-likeness (QED) is 0.320. The Morgan fingerprint density at radius 2 is 1.67 bits per heavy atom. The van der Waals surface area contributed by atoms with Crippen molar-refractivity contribution in [2.45, 2.75) is 57.3 Å². The molecule has 3 heteroatoms. The fraction of sp³-hybridized carbons (Fsp3) is 0.400. The summed E-state index contributed by atoms with van der Waals surface area (Å²) in [5.74, 6) is 5.67. The summed E-state index contributed by atoms with van der Waals surface area (Å²) in [5.41, 5.74) is 1.51. The second-order valence-corrected chi connectivity index (χ2v) is 9.55. The Labute approximate surface area is 195 Å². The first kappa shape index (κ1) is 23.4. The van der Waals surface area contributed by atoms with Crippen LogP contribution in [0.15, 0.2) is 55.6 Å². The molecule has 4 rings (SSSR count). The lowest BCUT2D eigenvalue weighted by molar-refractivity contribution is 0.132. The average Bonchev–Trinajstić information content (AvgIpc) is 2.83. The van der Waals surface area contributed by atoms with E-state index in [4.69, 9.17) is 0 Å². The van der Waals surface area contributed by atoms with Crippen LogP contribution in [0.25, 0.3) is 0 Å². The summed E-state index contributed by atoms with van der Waals surface area (Å²) >= 11 is 0. The fourth-order valence-corrected chi connectivity index (χ4v) is 5.63. The largest absolute Gasteiger partial charge is 0.207 e. The number of fused-ring (bicyclic) bond motifs is 1. The van der Waals surface area contributed by atoms with Gasteiger partial charge < -0.3 is 0 Å². The van der Waals surface area contributed by atoms with Crippen LogP contribution in [-0.4, -0.2) is 0 Å². The molecule has 0 radical (unpaired) electrons. The van der Waals surface area contributed by atoms with Gasteiger partial charge in [0.05, 0.1) is 5.56 Å². The van der Waals surface area contributed by atoms with Gasteiger partial charge in [0, 0.05) is 5.56 Å². The summed E-state index contributed by atoms with van der Waals surface area (Å²) in [6, 6.07) is 8.08. The molecule has 0 nitrogen and oxygen atoms in total. The van der Waals surface area contributed by atoms with E-state index in [1.54, 1.807) is 18.2 Å². The van der Waals surface area contributed by atoms with Crippen LogP contribution >= 0.6 is 0 Å². The zero-order valence-corrected chi connectivity index (χ0v) is 19.1. The van der Waals surface area contributed by atoms with E-state index >= 15 is 0 Å². The summed E-state index contributed by atoms with van der Waals surface area (Å²) in [6.07, 6.45) is 11.6. The molecule has 2 aliphatic rings. The minimum absolute atomic E-state index is 0.0206. The zero-order chi connectivity index (χ0) is 23.4. The monoisotopic (exact) mass is 448 g/mol. The minimum atomic E-state index is -0.955. The highest BCUT2D eigenvalue weighted by Gasteiger charge is 2.35. The number of hydrogen-bond acceptors (Lipinski definition) is 0. The number of rotatable bonds is 5. The highest BCUT2D eigenvalue weighted by molar-refractivity contribution is 5.46. The molecule has 0 saturated heterocycles. The molecule has 2 aromatic rings. The van der Waals surface area contributed by atoms with Crippen molar-refractivity contribution >= 4 is 0 Å². The van der Waals surface area contributed by atoms with Gasteiger partial charge >= 0.3 is 0 Å². The van der Waals surface area contributed by atoms with Crippen molar-refractivity contribution in [1.82, 2.24) is 0 Å². The Morgan fingerprint density at radius 3 is 2.42 bits per heavy atom. The predicted octanol–water partition coefficient (Wildman–Crippen LogP) is 8.11. The number of allylic oxidation sites excluding steroid dienone is 2. The average molecular weight is 449 g/mol. The lowest BCUT2D eigenvalue weighted by Gasteiger charge is -2.41. The van der Waals surface area contributed by atoms with Crippen LogP contribution in [0.2, 0.25) is 0 Å². The lowest BCUT2D eigenvalue weighted by atomic mass is 9.64. The molecular formula is C30H31F3. The van der Waals surface area contributed by atoms with Crippen LogP contribution in [0.4, 0.5) is 13.2 Å². The van der Waals surface area contributed by atoms with E-state index in [9.17, 15) is 13.2 Å². The van der Waals surface area contributed by atoms with Crippen molar-refractivity contribution in [2.24, 2.45) is 17.8 Å². The highest BCUT2D eigenvalue weighted by Crippen LogP contribution is 2.48. The maximum atomic E-state index is 15.0. The molecule has 33 heavy (non-hydrogen) atoms. The lowest BCUT2D eigenvalue weighted by Crippen LogP contribution is -2.30. The molecule has 0 aromatic heterocycles. The smallest absolute Gasteiger partial charge is 0.174 e. The topological polar surface area (TPSA) is 0 Å². The van der Waals surface area contributed by atoms with Gasteiger partial charge in [-0.3, -0.25) is 0 Å². The van der Waals surface area contributed by atoms with E-state index in [1.807, 2.05) is 6.07 Å². The van der Waals surface area contributed by atoms with Crippen LogP contribution < -0.4 is 0 Å². The van der Waals surface area contributed by atoms with Crippen LogP contribution in [-0.2, 0) is 6.42 Å². The van der Waals surface area contributed by atoms with Gasteiger partial charge in [0.15, 0.2) is 11.6 Å². The van der Waals surface area contributed by atoms with E-state index in [0.717, 1.165) is 30.7 Å². The van der Waals surface area contributed by atoms with Gasteiger partial charge in [-0.25, -0.2) is 13.2 Å². The molecule has 2 aliphatic carbocycles. The second-order valence-electron chi connectivity index (χ2n) is 9.55. The van der Waals surface area contributed by atoms with E-state index in [2.05, 4.69) is 31.1 Å². The molecule has 0 N–H and O–H groups in total. The van der Waals surface area contributed by atoms with Gasteiger partial charge in [-0.05, 0) is 104 Å². The molecule has 0 amide bonds. The molecule has 2 aromatic carbocycles. The molecule has 0 spiro atoms. The van der Waals surface area contributed by atoms with Crippen molar-refractivity contribution in [3.05, 3.63) is 95.3 Å². The first-order chi connectivity index (χ1) is 16.0. The summed E-state index contributed by atoms with van der Waals surface area (Å²) < 4.78 is 43.6. The Morgan fingerprint density at radius 1 is 0.879 bits per heavy atom. The first-order valence-corrected chi connectivity index (χ1v) is 12.0. The van der Waals surface area contributed by atoms with Crippen LogP contribution in [0.1, 0.15) is 73.1 Å². The fourth-order valence-electron chi connectivity index (χ4n) is 5.63. The number of aryl methyl sites for hydroxylation is 1. The Bertz CT molecular complexity index is 1090. The summed E-state index contributed by atoms with van der Waals surface area (Å²) in [7, 11) is 0. The Balaban J connectivity index is 1.46. The first-order valence-electron chi connectivity index (χ1n) is 12.0. The van der Waals surface area contributed by atoms with Crippen LogP contribution in [0.3, 0.4) is 0 Å². The van der Waals surface area contributed by atoms with Crippen molar-refractivity contribution in [1.29, 1.82) is 0 Å². The molecule has 172 valence electrons. The predicted molar refractivity (Wildman–Crippen MR) is 128 cm³/mol. The molecule has 4 atom stereocenters. The highest BCUT2D eigenvalue weighted by atomic mass is 19.2. The molecule has 0 bridgehead atoms. The molecule has 0 aliphatic heterocycles. The van der Waals surface area contributed by atoms with Gasteiger partial charge in [-0.15, -0.1) is 13.2 Å². The van der Waals surface area contributed by atoms with Crippen molar-refractivity contribution in [3.63, 3.8) is 0 Å². The van der Waals surface area contributed by atoms with E-state index < -0.39 is 11.6 Å². The third-order valence-electron chi connectivity index (χ3n) is 7.55. The minimum Gasteiger partial charge on any atom is -0.207 e. The molecule has 2 fully saturated rings. The number of benzene rings is 2. The zero-order valence-electron chi connectivity index (χ0n) is 19.1. The van der Waals surface area contributed by atoms with Crippen molar-refractivity contribution in [2.75, 3.05) is 0 Å². The normalized spacial score (nSPS) is 24.3. The standard InChI is InChI=1S/C30H31F3/c1-3-5-6-22-12-13-23(30(33)29(22)32)10-8-21-9-16-27(28(31)18-21)26-15-14-24-17-20(4-2)7-11-25(24)19-26/h3-4,9,12-13,16,18,20,24-26H,1-2,5-7,11,14-15,17,19H2. The summed E-state index contributed by atoms with van der Waals surface area (Å²) in [6.45, 7) is 7.56. The molecule has 4 unspecified atom stereocenters. The van der Waals surface area contributed by atoms with Gasteiger partial charge in [-0.1, -0.05) is 36.1 Å². The summed E-state index contributed by atoms with van der Waals surface area (Å²) in [4.78, 5) is 0. The molecular weight excluding hydrogens is 417 g/mol. The third kappa shape index (κ3) is 5.27. The SMILES string of the molecule is C=CCCc1ccc(C#Cc2ccc(C3CCC4CC(C=C)CCC4C3)c(F)c2)c(F)c1F. The van der Waals surface area contributed by atoms with Crippen molar-refractivity contribution in [3.8, 4) is 11.8 Å². The van der Waals surface area contributed by atoms with Gasteiger partial charge in [0.25, 0.3) is 0 Å². The molecule has 2 saturated carbocycles. The maximum Gasteiger partial charge on any atom is 0.174 e. The van der Waals surface area contributed by atoms with Crippen molar-refractivity contribution < 1.29 is 13.2 Å². The number of hydrogen-bond donors (Lipinski definition) is 0. The summed E-state index contributed by atoms with van der Waals surface area (Å²) in [5, 5.41) is 0. The Kier molecular flexibility index (Phi) is 7.43. The van der Waals surface area contributed by atoms with Gasteiger partial charge in [0.1, 0.15) is 5.82 Å². The van der Waals surface area contributed by atoms with Crippen LogP contribution in [0.5, 0.6) is 0 Å². The second kappa shape index (κ2) is 10.5. The van der Waals surface area contributed by atoms with E-state index in [1.165, 1.54) is 31.4 Å². The maximum absolute atomic E-state index is 15.0. The van der Waals surface area contributed by atoms with Gasteiger partial charge in [0.2, 0.25) is 0 Å². The molecule has 0 heterocycles. The van der Waals surface area contributed by atoms with E-state index in [-0.39, 0.29) is 17.3 Å². The van der Waals surface area contributed by atoms with Gasteiger partial charge in [-0.2, -0.15) is 0 Å². The Hall–Kier alpha value is -2.73. The number of halogens is 3. The third-order valence-corrected chi connectivity index (χ3v) is 7.55.